The molecule has 2 rings (SSSR count). The number of hydrogen-bond acceptors (Lipinski definition) is 5. The Morgan fingerprint density at radius 3 is 2.68 bits per heavy atom. The van der Waals surface area contributed by atoms with E-state index in [4.69, 9.17) is 5.73 Å². The number of phenols is 1. The van der Waals surface area contributed by atoms with Gasteiger partial charge in [-0.15, -0.1) is 0 Å². The smallest absolute Gasteiger partial charge is 0.173 e. The van der Waals surface area contributed by atoms with Crippen LogP contribution in [0.4, 0.5) is 11.4 Å². The van der Waals surface area contributed by atoms with E-state index >= 15 is 0 Å². The SMILES string of the molecule is CC1(C)CC(Nc2cccc(O)c2N)=CS(=O)(=O)C1. The average molecular weight is 282 g/mol. The van der Waals surface area contributed by atoms with Gasteiger partial charge in [0, 0.05) is 11.1 Å². The van der Waals surface area contributed by atoms with E-state index in [1.54, 1.807) is 12.1 Å². The molecule has 104 valence electrons. The van der Waals surface area contributed by atoms with Gasteiger partial charge in [-0.05, 0) is 24.0 Å². The Balaban J connectivity index is 2.33. The van der Waals surface area contributed by atoms with Gasteiger partial charge in [0.2, 0.25) is 0 Å². The van der Waals surface area contributed by atoms with E-state index in [1.165, 1.54) is 11.5 Å². The fraction of sp³-hybridized carbons (Fsp3) is 0.385. The van der Waals surface area contributed by atoms with Crippen LogP contribution >= 0.6 is 0 Å². The normalized spacial score (nSPS) is 20.6. The van der Waals surface area contributed by atoms with Crippen molar-refractivity contribution < 1.29 is 13.5 Å². The predicted molar refractivity (Wildman–Crippen MR) is 76.4 cm³/mol. The molecule has 1 aliphatic heterocycles. The monoisotopic (exact) mass is 282 g/mol. The van der Waals surface area contributed by atoms with Gasteiger partial charge in [0.1, 0.15) is 5.75 Å². The molecule has 0 saturated heterocycles. The van der Waals surface area contributed by atoms with E-state index in [-0.39, 0.29) is 22.6 Å². The summed E-state index contributed by atoms with van der Waals surface area (Å²) >= 11 is 0. The van der Waals surface area contributed by atoms with Gasteiger partial charge in [-0.25, -0.2) is 8.42 Å². The Morgan fingerprint density at radius 2 is 2.05 bits per heavy atom. The summed E-state index contributed by atoms with van der Waals surface area (Å²) in [7, 11) is -3.21. The van der Waals surface area contributed by atoms with Crippen LogP contribution in [0.5, 0.6) is 5.75 Å². The van der Waals surface area contributed by atoms with Crippen LogP contribution in [0.15, 0.2) is 29.3 Å². The number of aromatic hydroxyl groups is 1. The van der Waals surface area contributed by atoms with Crippen molar-refractivity contribution in [1.29, 1.82) is 0 Å². The zero-order valence-electron chi connectivity index (χ0n) is 11.0. The van der Waals surface area contributed by atoms with Crippen molar-refractivity contribution in [2.75, 3.05) is 16.8 Å². The molecule has 1 aromatic rings. The fourth-order valence-electron chi connectivity index (χ4n) is 2.32. The summed E-state index contributed by atoms with van der Waals surface area (Å²) in [5.74, 6) is 0.115. The largest absolute Gasteiger partial charge is 0.506 e. The van der Waals surface area contributed by atoms with Crippen molar-refractivity contribution >= 4 is 21.2 Å². The molecule has 4 N–H and O–H groups in total. The van der Waals surface area contributed by atoms with Gasteiger partial charge in [-0.3, -0.25) is 0 Å². The molecule has 0 saturated carbocycles. The number of phenolic OH excluding ortho intramolecular Hbond substituents is 1. The molecule has 1 aliphatic rings. The summed E-state index contributed by atoms with van der Waals surface area (Å²) in [5, 5.41) is 13.8. The van der Waals surface area contributed by atoms with E-state index in [0.29, 0.717) is 17.8 Å². The molecule has 6 heteroatoms. The van der Waals surface area contributed by atoms with Crippen LogP contribution < -0.4 is 11.1 Å². The highest BCUT2D eigenvalue weighted by Crippen LogP contribution is 2.35. The van der Waals surface area contributed by atoms with Crippen LogP contribution in [0, 0.1) is 5.41 Å². The quantitative estimate of drug-likeness (QED) is 0.570. The number of sulfone groups is 1. The molecule has 5 nitrogen and oxygen atoms in total. The maximum Gasteiger partial charge on any atom is 0.173 e. The number of anilines is 2. The van der Waals surface area contributed by atoms with E-state index < -0.39 is 9.84 Å². The second-order valence-corrected chi connectivity index (χ2v) is 7.50. The molecule has 0 spiro atoms. The zero-order chi connectivity index (χ0) is 14.3. The third-order valence-corrected chi connectivity index (χ3v) is 4.79. The number of hydrogen-bond donors (Lipinski definition) is 3. The minimum Gasteiger partial charge on any atom is -0.506 e. The van der Waals surface area contributed by atoms with Gasteiger partial charge in [0.15, 0.2) is 9.84 Å². The lowest BCUT2D eigenvalue weighted by Crippen LogP contribution is -2.29. The number of nitrogens with two attached hydrogens (primary N) is 1. The van der Waals surface area contributed by atoms with Crippen molar-refractivity contribution in [1.82, 2.24) is 0 Å². The Hall–Kier alpha value is -1.69. The number of nitrogens with one attached hydrogen (secondary N) is 1. The highest BCUT2D eigenvalue weighted by molar-refractivity contribution is 7.94. The first-order chi connectivity index (χ1) is 8.69. The number of para-hydroxylation sites is 1. The lowest BCUT2D eigenvalue weighted by atomic mass is 9.90. The Morgan fingerprint density at radius 1 is 1.37 bits per heavy atom. The van der Waals surface area contributed by atoms with Crippen LogP contribution in [-0.2, 0) is 9.84 Å². The first kappa shape index (κ1) is 13.7. The Bertz CT molecular complexity index is 633. The molecule has 19 heavy (non-hydrogen) atoms. The van der Waals surface area contributed by atoms with Gasteiger partial charge < -0.3 is 16.2 Å². The highest BCUT2D eigenvalue weighted by atomic mass is 32.2. The number of nitrogen functional groups attached to an aromatic ring is 1. The molecule has 0 amide bonds. The molecule has 0 fully saturated rings. The maximum atomic E-state index is 11.8. The van der Waals surface area contributed by atoms with Gasteiger partial charge >= 0.3 is 0 Å². The first-order valence-electron chi connectivity index (χ1n) is 5.96. The van der Waals surface area contributed by atoms with Gasteiger partial charge in [-0.2, -0.15) is 0 Å². The molecular formula is C13H18N2O3S. The summed E-state index contributed by atoms with van der Waals surface area (Å²) in [6.07, 6.45) is 0.612. The summed E-state index contributed by atoms with van der Waals surface area (Å²) in [6.45, 7) is 3.82. The minimum atomic E-state index is -3.21. The molecule has 0 bridgehead atoms. The van der Waals surface area contributed by atoms with Gasteiger partial charge in [0.25, 0.3) is 0 Å². The third-order valence-electron chi connectivity index (χ3n) is 2.96. The van der Waals surface area contributed by atoms with Crippen molar-refractivity contribution in [2.45, 2.75) is 20.3 Å². The molecule has 0 unspecified atom stereocenters. The lowest BCUT2D eigenvalue weighted by Gasteiger charge is -2.30. The standard InChI is InChI=1S/C13H18N2O3S/c1-13(2)6-9(7-19(17,18)8-13)15-10-4-3-5-11(16)12(10)14/h3-5,7,15-16H,6,8,14H2,1-2H3. The average Bonchev–Trinajstić information content (AvgIpc) is 2.20. The lowest BCUT2D eigenvalue weighted by molar-refractivity contribution is 0.405. The van der Waals surface area contributed by atoms with Crippen molar-refractivity contribution in [3.63, 3.8) is 0 Å². The van der Waals surface area contributed by atoms with Crippen LogP contribution in [0.25, 0.3) is 0 Å². The second kappa shape index (κ2) is 4.45. The van der Waals surface area contributed by atoms with E-state index in [2.05, 4.69) is 5.32 Å². The first-order valence-corrected chi connectivity index (χ1v) is 7.68. The van der Waals surface area contributed by atoms with Crippen molar-refractivity contribution in [2.24, 2.45) is 5.41 Å². The number of rotatable bonds is 2. The van der Waals surface area contributed by atoms with Gasteiger partial charge in [0.05, 0.1) is 17.1 Å². The number of benzene rings is 1. The zero-order valence-corrected chi connectivity index (χ0v) is 11.8. The maximum absolute atomic E-state index is 11.8. The number of allylic oxidation sites excluding steroid dienone is 1. The highest BCUT2D eigenvalue weighted by Gasteiger charge is 2.31. The minimum absolute atomic E-state index is 0.0245. The molecule has 1 aromatic carbocycles. The summed E-state index contributed by atoms with van der Waals surface area (Å²) in [5.41, 5.74) is 6.74. The predicted octanol–water partition coefficient (Wildman–Crippen LogP) is 2.07. The summed E-state index contributed by atoms with van der Waals surface area (Å²) < 4.78 is 23.6. The Labute approximate surface area is 113 Å². The molecule has 0 atom stereocenters. The molecular weight excluding hydrogens is 264 g/mol. The van der Waals surface area contributed by atoms with E-state index in [1.807, 2.05) is 13.8 Å². The van der Waals surface area contributed by atoms with Crippen LogP contribution in [0.1, 0.15) is 20.3 Å². The van der Waals surface area contributed by atoms with Crippen molar-refractivity contribution in [3.8, 4) is 5.75 Å². The van der Waals surface area contributed by atoms with Crippen LogP contribution in [-0.4, -0.2) is 19.3 Å². The molecule has 1 heterocycles. The summed E-state index contributed by atoms with van der Waals surface area (Å²) in [4.78, 5) is 0. The van der Waals surface area contributed by atoms with Crippen molar-refractivity contribution in [3.05, 3.63) is 29.3 Å². The Kier molecular flexibility index (Phi) is 3.22. The topological polar surface area (TPSA) is 92.4 Å². The van der Waals surface area contributed by atoms with E-state index in [0.717, 1.165) is 0 Å². The summed E-state index contributed by atoms with van der Waals surface area (Å²) in [6, 6.07) is 4.83. The second-order valence-electron chi connectivity index (χ2n) is 5.65. The molecule has 0 aromatic heterocycles. The fourth-order valence-corrected chi connectivity index (χ4v) is 4.17. The molecule has 0 radical (unpaired) electrons. The van der Waals surface area contributed by atoms with Crippen LogP contribution in [0.2, 0.25) is 0 Å². The molecule has 0 aliphatic carbocycles. The van der Waals surface area contributed by atoms with Crippen LogP contribution in [0.3, 0.4) is 0 Å². The third kappa shape index (κ3) is 3.20. The van der Waals surface area contributed by atoms with Gasteiger partial charge in [-0.1, -0.05) is 19.9 Å². The van der Waals surface area contributed by atoms with E-state index in [9.17, 15) is 13.5 Å².